The van der Waals surface area contributed by atoms with Crippen molar-refractivity contribution >= 4 is 5.97 Å². The highest BCUT2D eigenvalue weighted by atomic mass is 16.5. The number of rotatable bonds is 3. The van der Waals surface area contributed by atoms with Crippen LogP contribution < -0.4 is 0 Å². The number of unbranched alkanes of at least 4 members (excludes halogenated alkanes) is 1. The lowest BCUT2D eigenvalue weighted by atomic mass is 10.1. The summed E-state index contributed by atoms with van der Waals surface area (Å²) in [4.78, 5) is 11.0. The molecule has 1 heterocycles. The molecule has 0 radical (unpaired) electrons. The molecule has 1 aliphatic heterocycles. The molecule has 2 heteroatoms. The van der Waals surface area contributed by atoms with Crippen molar-refractivity contribution in [3.8, 4) is 12.3 Å². The molecule has 1 rings (SSSR count). The predicted octanol–water partition coefficient (Wildman–Crippen LogP) is 1.66. The van der Waals surface area contributed by atoms with Crippen LogP contribution in [0.25, 0.3) is 0 Å². The Morgan fingerprint density at radius 3 is 3.00 bits per heavy atom. The van der Waals surface area contributed by atoms with Gasteiger partial charge in [-0.25, -0.2) is 4.79 Å². The maximum atomic E-state index is 11.0. The van der Waals surface area contributed by atoms with Crippen molar-refractivity contribution < 1.29 is 9.53 Å². The Morgan fingerprint density at radius 1 is 1.75 bits per heavy atom. The first-order valence-electron chi connectivity index (χ1n) is 4.09. The van der Waals surface area contributed by atoms with Crippen LogP contribution in [0.15, 0.2) is 11.6 Å². The fraction of sp³-hybridized carbons (Fsp3) is 0.500. The molecular formula is C10H12O2. The van der Waals surface area contributed by atoms with Crippen molar-refractivity contribution in [2.24, 2.45) is 0 Å². The maximum absolute atomic E-state index is 11.0. The number of hydrogen-bond donors (Lipinski definition) is 0. The van der Waals surface area contributed by atoms with Gasteiger partial charge in [0, 0.05) is 12.0 Å². The molecule has 0 aromatic rings. The zero-order chi connectivity index (χ0) is 8.97. The Kier molecular flexibility index (Phi) is 2.93. The van der Waals surface area contributed by atoms with E-state index in [1.54, 1.807) is 0 Å². The molecule has 1 aliphatic rings. The lowest BCUT2D eigenvalue weighted by Crippen LogP contribution is -2.03. The second kappa shape index (κ2) is 3.96. The zero-order valence-electron chi connectivity index (χ0n) is 7.17. The SMILES string of the molecule is C#CCCCC1=CC(C)OC1=O. The lowest BCUT2D eigenvalue weighted by molar-refractivity contribution is -0.139. The molecular weight excluding hydrogens is 152 g/mol. The predicted molar refractivity (Wildman–Crippen MR) is 46.3 cm³/mol. The van der Waals surface area contributed by atoms with Crippen LogP contribution in [0.2, 0.25) is 0 Å². The molecule has 0 bridgehead atoms. The molecule has 12 heavy (non-hydrogen) atoms. The first-order valence-corrected chi connectivity index (χ1v) is 4.09. The fourth-order valence-corrected chi connectivity index (χ4v) is 1.20. The van der Waals surface area contributed by atoms with Crippen LogP contribution in [0.3, 0.4) is 0 Å². The van der Waals surface area contributed by atoms with E-state index >= 15 is 0 Å². The first-order chi connectivity index (χ1) is 5.74. The molecule has 0 amide bonds. The van der Waals surface area contributed by atoms with E-state index in [2.05, 4.69) is 5.92 Å². The number of esters is 1. The maximum Gasteiger partial charge on any atom is 0.334 e. The van der Waals surface area contributed by atoms with Crippen molar-refractivity contribution in [3.05, 3.63) is 11.6 Å². The largest absolute Gasteiger partial charge is 0.455 e. The summed E-state index contributed by atoms with van der Waals surface area (Å²) in [6.07, 6.45) is 9.22. The van der Waals surface area contributed by atoms with Crippen molar-refractivity contribution in [2.45, 2.75) is 32.3 Å². The van der Waals surface area contributed by atoms with Crippen molar-refractivity contribution in [3.63, 3.8) is 0 Å². The third kappa shape index (κ3) is 2.13. The molecule has 0 fully saturated rings. The molecule has 1 unspecified atom stereocenters. The highest BCUT2D eigenvalue weighted by Crippen LogP contribution is 2.18. The molecule has 0 saturated heterocycles. The number of cyclic esters (lactones) is 1. The van der Waals surface area contributed by atoms with Gasteiger partial charge >= 0.3 is 5.97 Å². The summed E-state index contributed by atoms with van der Waals surface area (Å²) in [5, 5.41) is 0. The Morgan fingerprint density at radius 2 is 2.50 bits per heavy atom. The van der Waals surface area contributed by atoms with E-state index in [0.717, 1.165) is 24.8 Å². The first kappa shape index (κ1) is 8.86. The summed E-state index contributed by atoms with van der Waals surface area (Å²) >= 11 is 0. The van der Waals surface area contributed by atoms with Crippen LogP contribution >= 0.6 is 0 Å². The van der Waals surface area contributed by atoms with Crippen LogP contribution in [0.5, 0.6) is 0 Å². The van der Waals surface area contributed by atoms with Crippen LogP contribution in [0.1, 0.15) is 26.2 Å². The third-order valence-corrected chi connectivity index (χ3v) is 1.76. The minimum Gasteiger partial charge on any atom is -0.455 e. The van der Waals surface area contributed by atoms with Gasteiger partial charge in [0.2, 0.25) is 0 Å². The topological polar surface area (TPSA) is 26.3 Å². The molecule has 64 valence electrons. The van der Waals surface area contributed by atoms with Gasteiger partial charge in [-0.2, -0.15) is 0 Å². The Balaban J connectivity index is 2.37. The van der Waals surface area contributed by atoms with Gasteiger partial charge in [0.1, 0.15) is 6.10 Å². The van der Waals surface area contributed by atoms with Crippen LogP contribution in [-0.4, -0.2) is 12.1 Å². The molecule has 2 nitrogen and oxygen atoms in total. The van der Waals surface area contributed by atoms with Gasteiger partial charge in [-0.15, -0.1) is 12.3 Å². The highest BCUT2D eigenvalue weighted by molar-refractivity contribution is 5.90. The van der Waals surface area contributed by atoms with Gasteiger partial charge < -0.3 is 4.74 Å². The lowest BCUT2D eigenvalue weighted by Gasteiger charge is -1.98. The second-order valence-electron chi connectivity index (χ2n) is 2.86. The summed E-state index contributed by atoms with van der Waals surface area (Å²) in [6.45, 7) is 1.85. The van der Waals surface area contributed by atoms with Gasteiger partial charge in [-0.1, -0.05) is 0 Å². The average Bonchev–Trinajstić information content (AvgIpc) is 2.31. The number of carbonyl (C=O) groups is 1. The molecule has 1 atom stereocenters. The average molecular weight is 164 g/mol. The smallest absolute Gasteiger partial charge is 0.334 e. The van der Waals surface area contributed by atoms with Crippen LogP contribution in [0.4, 0.5) is 0 Å². The highest BCUT2D eigenvalue weighted by Gasteiger charge is 2.20. The van der Waals surface area contributed by atoms with E-state index in [0.29, 0.717) is 0 Å². The number of ether oxygens (including phenoxy) is 1. The van der Waals surface area contributed by atoms with E-state index < -0.39 is 0 Å². The standard InChI is InChI=1S/C10H12O2/c1-3-4-5-6-9-7-8(2)12-10(9)11/h1,7-8H,4-6H2,2H3. The Bertz CT molecular complexity index is 245. The summed E-state index contributed by atoms with van der Waals surface area (Å²) in [7, 11) is 0. The van der Waals surface area contributed by atoms with Crippen molar-refractivity contribution in [1.82, 2.24) is 0 Å². The van der Waals surface area contributed by atoms with Crippen LogP contribution in [0, 0.1) is 12.3 Å². The second-order valence-corrected chi connectivity index (χ2v) is 2.86. The molecule has 0 aliphatic carbocycles. The van der Waals surface area contributed by atoms with Crippen molar-refractivity contribution in [2.75, 3.05) is 0 Å². The fourth-order valence-electron chi connectivity index (χ4n) is 1.20. The van der Waals surface area contributed by atoms with E-state index in [9.17, 15) is 4.79 Å². The summed E-state index contributed by atoms with van der Waals surface area (Å²) in [5.74, 6) is 2.36. The zero-order valence-corrected chi connectivity index (χ0v) is 7.17. The molecule has 0 spiro atoms. The van der Waals surface area contributed by atoms with Crippen LogP contribution in [-0.2, 0) is 9.53 Å². The van der Waals surface area contributed by atoms with Gasteiger partial charge in [0.05, 0.1) is 0 Å². The van der Waals surface area contributed by atoms with Gasteiger partial charge in [0.25, 0.3) is 0 Å². The van der Waals surface area contributed by atoms with E-state index in [4.69, 9.17) is 11.2 Å². The van der Waals surface area contributed by atoms with Gasteiger partial charge in [-0.3, -0.25) is 0 Å². The number of hydrogen-bond acceptors (Lipinski definition) is 2. The Hall–Kier alpha value is -1.23. The third-order valence-electron chi connectivity index (χ3n) is 1.76. The molecule has 0 N–H and O–H groups in total. The summed E-state index contributed by atoms with van der Waals surface area (Å²) in [5.41, 5.74) is 0.776. The van der Waals surface area contributed by atoms with Crippen molar-refractivity contribution in [1.29, 1.82) is 0 Å². The van der Waals surface area contributed by atoms with Gasteiger partial charge in [-0.05, 0) is 25.8 Å². The van der Waals surface area contributed by atoms with Gasteiger partial charge in [0.15, 0.2) is 0 Å². The Labute approximate surface area is 72.6 Å². The molecule has 0 aromatic carbocycles. The summed E-state index contributed by atoms with van der Waals surface area (Å²) < 4.78 is 4.92. The molecule has 0 aromatic heterocycles. The monoisotopic (exact) mass is 164 g/mol. The number of terminal acetylenes is 1. The quantitative estimate of drug-likeness (QED) is 0.360. The minimum atomic E-state index is -0.181. The van der Waals surface area contributed by atoms with E-state index in [1.807, 2.05) is 13.0 Å². The van der Waals surface area contributed by atoms with E-state index in [-0.39, 0.29) is 12.1 Å². The minimum absolute atomic E-state index is 0.0571. The number of carbonyl (C=O) groups excluding carboxylic acids is 1. The summed E-state index contributed by atoms with van der Waals surface area (Å²) in [6, 6.07) is 0. The van der Waals surface area contributed by atoms with E-state index in [1.165, 1.54) is 0 Å². The normalized spacial score (nSPS) is 21.5. The molecule has 0 saturated carbocycles.